The molecule has 0 spiro atoms. The Hall–Kier alpha value is -1.55. The van der Waals surface area contributed by atoms with Gasteiger partial charge in [0.1, 0.15) is 6.61 Å². The minimum atomic E-state index is -0.414. The van der Waals surface area contributed by atoms with Crippen molar-refractivity contribution in [2.75, 3.05) is 6.61 Å². The predicted octanol–water partition coefficient (Wildman–Crippen LogP) is 4.29. The van der Waals surface area contributed by atoms with Crippen LogP contribution in [0.3, 0.4) is 0 Å². The van der Waals surface area contributed by atoms with Crippen molar-refractivity contribution in [2.24, 2.45) is 0 Å². The summed E-state index contributed by atoms with van der Waals surface area (Å²) in [5.74, 6) is -0.765. The van der Waals surface area contributed by atoms with E-state index in [1.165, 1.54) is 0 Å². The molecule has 1 rings (SSSR count). The van der Waals surface area contributed by atoms with Crippen molar-refractivity contribution in [1.82, 2.24) is 0 Å². The topological polar surface area (TPSA) is 52.6 Å². The van der Waals surface area contributed by atoms with E-state index in [1.807, 2.05) is 6.07 Å². The molecule has 0 aliphatic rings. The fourth-order valence-electron chi connectivity index (χ4n) is 1.85. The first-order valence-corrected chi connectivity index (χ1v) is 8.05. The number of rotatable bonds is 10. The molecule has 1 aromatic carbocycles. The van der Waals surface area contributed by atoms with E-state index in [0.29, 0.717) is 11.6 Å². The van der Waals surface area contributed by atoms with Crippen LogP contribution in [0.25, 0.3) is 0 Å². The lowest BCUT2D eigenvalue weighted by atomic mass is 10.2. The van der Waals surface area contributed by atoms with Crippen molar-refractivity contribution < 1.29 is 19.1 Å². The van der Waals surface area contributed by atoms with E-state index >= 15 is 0 Å². The first-order chi connectivity index (χ1) is 10.6. The summed E-state index contributed by atoms with van der Waals surface area (Å²) in [7, 11) is 0. The van der Waals surface area contributed by atoms with Crippen LogP contribution in [0.2, 0.25) is 5.02 Å². The number of unbranched alkanes of at least 4 members (excludes halogenated alkanes) is 3. The average molecular weight is 327 g/mol. The number of ether oxygens (including phenoxy) is 2. The molecule has 0 fully saturated rings. The van der Waals surface area contributed by atoms with Crippen LogP contribution in [-0.4, -0.2) is 18.5 Å². The molecule has 0 amide bonds. The Bertz CT molecular complexity index is 473. The highest BCUT2D eigenvalue weighted by Gasteiger charge is 2.09. The van der Waals surface area contributed by atoms with Crippen LogP contribution < -0.4 is 0 Å². The third-order valence-corrected chi connectivity index (χ3v) is 3.32. The maximum atomic E-state index is 11.6. The third-order valence-electron chi connectivity index (χ3n) is 3.08. The molecule has 0 aromatic heterocycles. The largest absolute Gasteiger partial charge is 0.466 e. The Morgan fingerprint density at radius 1 is 1.05 bits per heavy atom. The molecule has 0 N–H and O–H groups in total. The predicted molar refractivity (Wildman–Crippen MR) is 85.6 cm³/mol. The molecule has 0 heterocycles. The summed E-state index contributed by atoms with van der Waals surface area (Å²) in [4.78, 5) is 23.0. The minimum Gasteiger partial charge on any atom is -0.466 e. The molecule has 0 aliphatic carbocycles. The zero-order valence-corrected chi connectivity index (χ0v) is 13.7. The Labute approximate surface area is 136 Å². The standard InChI is InChI=1S/C17H23ClO4/c1-2-3-4-5-11-21-16(19)9-10-17(20)22-13-14-7-6-8-15(18)12-14/h6-8,12H,2-5,9-11,13H2,1H3. The Balaban J connectivity index is 2.11. The molecule has 0 aliphatic heterocycles. The minimum absolute atomic E-state index is 0.0361. The molecular formula is C17H23ClO4. The van der Waals surface area contributed by atoms with Crippen LogP contribution >= 0.6 is 11.6 Å². The number of benzene rings is 1. The smallest absolute Gasteiger partial charge is 0.306 e. The number of esters is 2. The van der Waals surface area contributed by atoms with Gasteiger partial charge < -0.3 is 9.47 Å². The molecule has 1 aromatic rings. The summed E-state index contributed by atoms with van der Waals surface area (Å²) < 4.78 is 10.1. The van der Waals surface area contributed by atoms with Crippen LogP contribution in [0.1, 0.15) is 51.0 Å². The van der Waals surface area contributed by atoms with Gasteiger partial charge in [-0.25, -0.2) is 0 Å². The van der Waals surface area contributed by atoms with Crippen LogP contribution in [0.5, 0.6) is 0 Å². The van der Waals surface area contributed by atoms with Crippen LogP contribution in [0.15, 0.2) is 24.3 Å². The van der Waals surface area contributed by atoms with E-state index in [1.54, 1.807) is 18.2 Å². The quantitative estimate of drug-likeness (QED) is 0.475. The van der Waals surface area contributed by atoms with Crippen molar-refractivity contribution in [1.29, 1.82) is 0 Å². The van der Waals surface area contributed by atoms with Crippen molar-refractivity contribution in [3.8, 4) is 0 Å². The lowest BCUT2D eigenvalue weighted by Gasteiger charge is -2.06. The molecule has 0 saturated carbocycles. The number of carbonyl (C=O) groups is 2. The first-order valence-electron chi connectivity index (χ1n) is 7.67. The van der Waals surface area contributed by atoms with Crippen molar-refractivity contribution in [2.45, 2.75) is 52.1 Å². The van der Waals surface area contributed by atoms with E-state index in [0.717, 1.165) is 31.2 Å². The summed E-state index contributed by atoms with van der Waals surface area (Å²) in [6.07, 6.45) is 4.32. The van der Waals surface area contributed by atoms with Crippen LogP contribution in [0.4, 0.5) is 0 Å². The Kier molecular flexibility index (Phi) is 9.31. The molecule has 0 radical (unpaired) electrons. The maximum absolute atomic E-state index is 11.6. The Morgan fingerprint density at radius 2 is 1.77 bits per heavy atom. The van der Waals surface area contributed by atoms with Gasteiger partial charge in [-0.15, -0.1) is 0 Å². The highest BCUT2D eigenvalue weighted by molar-refractivity contribution is 6.30. The fraction of sp³-hybridized carbons (Fsp3) is 0.529. The van der Waals surface area contributed by atoms with Crippen molar-refractivity contribution in [3.05, 3.63) is 34.9 Å². The molecule has 4 nitrogen and oxygen atoms in total. The fourth-order valence-corrected chi connectivity index (χ4v) is 2.07. The van der Waals surface area contributed by atoms with E-state index in [2.05, 4.69) is 6.92 Å². The van der Waals surface area contributed by atoms with Gasteiger partial charge in [0, 0.05) is 5.02 Å². The third kappa shape index (κ3) is 8.67. The molecule has 22 heavy (non-hydrogen) atoms. The summed E-state index contributed by atoms with van der Waals surface area (Å²) in [6.45, 7) is 2.71. The van der Waals surface area contributed by atoms with Gasteiger partial charge in [0.25, 0.3) is 0 Å². The van der Waals surface area contributed by atoms with Gasteiger partial charge in [-0.2, -0.15) is 0 Å². The van der Waals surface area contributed by atoms with E-state index < -0.39 is 5.97 Å². The number of hydrogen-bond donors (Lipinski definition) is 0. The first kappa shape index (κ1) is 18.5. The van der Waals surface area contributed by atoms with Crippen LogP contribution in [-0.2, 0) is 25.7 Å². The molecule has 5 heteroatoms. The Morgan fingerprint density at radius 3 is 2.45 bits per heavy atom. The van der Waals surface area contributed by atoms with Crippen molar-refractivity contribution in [3.63, 3.8) is 0 Å². The summed E-state index contributed by atoms with van der Waals surface area (Å²) in [5, 5.41) is 0.597. The van der Waals surface area contributed by atoms with Crippen molar-refractivity contribution >= 4 is 23.5 Å². The van der Waals surface area contributed by atoms with E-state index in [9.17, 15) is 9.59 Å². The van der Waals surface area contributed by atoms with Gasteiger partial charge in [0.15, 0.2) is 0 Å². The highest BCUT2D eigenvalue weighted by Crippen LogP contribution is 2.12. The number of carbonyl (C=O) groups excluding carboxylic acids is 2. The summed E-state index contributed by atoms with van der Waals surface area (Å²) in [5.41, 5.74) is 0.819. The van der Waals surface area contributed by atoms with Crippen LogP contribution in [0, 0.1) is 0 Å². The second kappa shape index (κ2) is 11.1. The molecule has 0 unspecified atom stereocenters. The van der Waals surface area contributed by atoms with Gasteiger partial charge in [-0.1, -0.05) is 49.9 Å². The van der Waals surface area contributed by atoms with E-state index in [-0.39, 0.29) is 25.4 Å². The number of halogens is 1. The highest BCUT2D eigenvalue weighted by atomic mass is 35.5. The summed E-state index contributed by atoms with van der Waals surface area (Å²) >= 11 is 5.84. The molecular weight excluding hydrogens is 304 g/mol. The zero-order valence-electron chi connectivity index (χ0n) is 13.0. The number of hydrogen-bond acceptors (Lipinski definition) is 4. The molecule has 0 atom stereocenters. The van der Waals surface area contributed by atoms with Gasteiger partial charge in [-0.05, 0) is 24.1 Å². The summed E-state index contributed by atoms with van der Waals surface area (Å²) in [6, 6.07) is 7.11. The monoisotopic (exact) mass is 326 g/mol. The van der Waals surface area contributed by atoms with Gasteiger partial charge in [-0.3, -0.25) is 9.59 Å². The lowest BCUT2D eigenvalue weighted by Crippen LogP contribution is -2.11. The second-order valence-electron chi connectivity index (χ2n) is 5.07. The van der Waals surface area contributed by atoms with Gasteiger partial charge in [0.05, 0.1) is 19.4 Å². The average Bonchev–Trinajstić information content (AvgIpc) is 2.51. The molecule has 122 valence electrons. The maximum Gasteiger partial charge on any atom is 0.306 e. The SMILES string of the molecule is CCCCCCOC(=O)CCC(=O)OCc1cccc(Cl)c1. The lowest BCUT2D eigenvalue weighted by molar-refractivity contribution is -0.151. The molecule has 0 bridgehead atoms. The van der Waals surface area contributed by atoms with Gasteiger partial charge >= 0.3 is 11.9 Å². The van der Waals surface area contributed by atoms with Gasteiger partial charge in [0.2, 0.25) is 0 Å². The molecule has 0 saturated heterocycles. The zero-order chi connectivity index (χ0) is 16.2. The van der Waals surface area contributed by atoms with E-state index in [4.69, 9.17) is 21.1 Å². The second-order valence-corrected chi connectivity index (χ2v) is 5.51. The normalized spacial score (nSPS) is 10.3.